The molecule has 0 amide bonds. The van der Waals surface area contributed by atoms with Crippen LogP contribution in [-0.4, -0.2) is 31.4 Å². The summed E-state index contributed by atoms with van der Waals surface area (Å²) in [5.41, 5.74) is 2.82. The molecule has 0 aromatic carbocycles. The van der Waals surface area contributed by atoms with Crippen LogP contribution in [0, 0.1) is 13.8 Å². The Morgan fingerprint density at radius 3 is 2.89 bits per heavy atom. The van der Waals surface area contributed by atoms with Gasteiger partial charge in [0, 0.05) is 37.9 Å². The van der Waals surface area contributed by atoms with Crippen LogP contribution in [0.15, 0.2) is 11.0 Å². The fourth-order valence-corrected chi connectivity index (χ4v) is 2.53. The standard InChI is InChI=1S/C13H17N5O/c1-8-14-5-10(15-8)6-18-4-3-12-11(7-18)13(19)17-9(2)16-12/h5H,3-4,6-7H2,1-2H3,(H,14,15)(H,16,17,19). The molecule has 0 atom stereocenters. The van der Waals surface area contributed by atoms with Crippen LogP contribution < -0.4 is 5.56 Å². The first-order valence-electron chi connectivity index (χ1n) is 6.43. The zero-order valence-electron chi connectivity index (χ0n) is 11.2. The summed E-state index contributed by atoms with van der Waals surface area (Å²) < 4.78 is 0. The van der Waals surface area contributed by atoms with Gasteiger partial charge in [-0.3, -0.25) is 9.69 Å². The van der Waals surface area contributed by atoms with E-state index in [4.69, 9.17) is 0 Å². The highest BCUT2D eigenvalue weighted by Gasteiger charge is 2.20. The molecule has 1 aliphatic heterocycles. The Labute approximate surface area is 110 Å². The van der Waals surface area contributed by atoms with Crippen molar-refractivity contribution in [2.24, 2.45) is 0 Å². The molecule has 0 unspecified atom stereocenters. The number of aryl methyl sites for hydroxylation is 2. The maximum Gasteiger partial charge on any atom is 0.255 e. The first-order chi connectivity index (χ1) is 9.11. The summed E-state index contributed by atoms with van der Waals surface area (Å²) in [6, 6.07) is 0. The van der Waals surface area contributed by atoms with Crippen molar-refractivity contribution in [1.82, 2.24) is 24.8 Å². The summed E-state index contributed by atoms with van der Waals surface area (Å²) in [7, 11) is 0. The van der Waals surface area contributed by atoms with Crippen molar-refractivity contribution >= 4 is 0 Å². The van der Waals surface area contributed by atoms with E-state index in [-0.39, 0.29) is 5.56 Å². The Morgan fingerprint density at radius 2 is 2.16 bits per heavy atom. The molecule has 3 rings (SSSR count). The van der Waals surface area contributed by atoms with Crippen molar-refractivity contribution < 1.29 is 0 Å². The first kappa shape index (κ1) is 12.1. The second-order valence-electron chi connectivity index (χ2n) is 5.03. The molecular formula is C13H17N5O. The van der Waals surface area contributed by atoms with E-state index in [1.807, 2.05) is 20.0 Å². The third-order valence-corrected chi connectivity index (χ3v) is 3.42. The van der Waals surface area contributed by atoms with Crippen molar-refractivity contribution in [3.8, 4) is 0 Å². The van der Waals surface area contributed by atoms with Gasteiger partial charge in [0.2, 0.25) is 0 Å². The second-order valence-corrected chi connectivity index (χ2v) is 5.03. The van der Waals surface area contributed by atoms with E-state index < -0.39 is 0 Å². The van der Waals surface area contributed by atoms with Crippen LogP contribution >= 0.6 is 0 Å². The summed E-state index contributed by atoms with van der Waals surface area (Å²) in [4.78, 5) is 28.8. The van der Waals surface area contributed by atoms with Crippen molar-refractivity contribution in [3.05, 3.63) is 45.2 Å². The molecule has 0 radical (unpaired) electrons. The fraction of sp³-hybridized carbons (Fsp3) is 0.462. The predicted octanol–water partition coefficient (Wildman–Crippen LogP) is 0.668. The molecule has 2 aromatic heterocycles. The summed E-state index contributed by atoms with van der Waals surface area (Å²) in [5.74, 6) is 1.61. The van der Waals surface area contributed by atoms with Crippen LogP contribution in [0.2, 0.25) is 0 Å². The minimum Gasteiger partial charge on any atom is -0.345 e. The zero-order valence-corrected chi connectivity index (χ0v) is 11.2. The lowest BCUT2D eigenvalue weighted by molar-refractivity contribution is 0.239. The number of nitrogens with zero attached hydrogens (tertiary/aromatic N) is 3. The molecule has 2 aromatic rings. The van der Waals surface area contributed by atoms with Crippen molar-refractivity contribution in [2.45, 2.75) is 33.4 Å². The van der Waals surface area contributed by atoms with Gasteiger partial charge in [0.05, 0.1) is 11.3 Å². The lowest BCUT2D eigenvalue weighted by atomic mass is 10.1. The van der Waals surface area contributed by atoms with Gasteiger partial charge in [0.15, 0.2) is 0 Å². The Balaban J connectivity index is 1.80. The van der Waals surface area contributed by atoms with Crippen molar-refractivity contribution in [2.75, 3.05) is 6.54 Å². The maximum absolute atomic E-state index is 11.9. The van der Waals surface area contributed by atoms with E-state index in [2.05, 4.69) is 24.8 Å². The Kier molecular flexibility index (Phi) is 2.94. The Hall–Kier alpha value is -1.95. The van der Waals surface area contributed by atoms with Gasteiger partial charge in [-0.05, 0) is 13.8 Å². The number of hydrogen-bond donors (Lipinski definition) is 2. The first-order valence-corrected chi connectivity index (χ1v) is 6.43. The minimum absolute atomic E-state index is 0.00649. The van der Waals surface area contributed by atoms with Gasteiger partial charge in [-0.25, -0.2) is 9.97 Å². The highest BCUT2D eigenvalue weighted by atomic mass is 16.1. The normalized spacial score (nSPS) is 15.5. The molecule has 19 heavy (non-hydrogen) atoms. The van der Waals surface area contributed by atoms with Crippen molar-refractivity contribution in [3.63, 3.8) is 0 Å². The summed E-state index contributed by atoms with van der Waals surface area (Å²) in [6.07, 6.45) is 2.68. The highest BCUT2D eigenvalue weighted by molar-refractivity contribution is 5.20. The number of hydrogen-bond acceptors (Lipinski definition) is 4. The molecule has 0 saturated heterocycles. The smallest absolute Gasteiger partial charge is 0.255 e. The summed E-state index contributed by atoms with van der Waals surface area (Å²) >= 11 is 0. The number of nitrogens with one attached hydrogen (secondary N) is 2. The van der Waals surface area contributed by atoms with Gasteiger partial charge in [0.1, 0.15) is 11.6 Å². The average Bonchev–Trinajstić information content (AvgIpc) is 2.75. The molecule has 0 spiro atoms. The topological polar surface area (TPSA) is 77.7 Å². The fourth-order valence-electron chi connectivity index (χ4n) is 2.53. The van der Waals surface area contributed by atoms with Crippen LogP contribution in [0.25, 0.3) is 0 Å². The quantitative estimate of drug-likeness (QED) is 0.831. The number of fused-ring (bicyclic) bond motifs is 1. The van der Waals surface area contributed by atoms with E-state index in [0.717, 1.165) is 42.3 Å². The van der Waals surface area contributed by atoms with Gasteiger partial charge in [-0.2, -0.15) is 0 Å². The van der Waals surface area contributed by atoms with Crippen LogP contribution in [0.3, 0.4) is 0 Å². The minimum atomic E-state index is -0.00649. The van der Waals surface area contributed by atoms with E-state index in [0.29, 0.717) is 12.4 Å². The lowest BCUT2D eigenvalue weighted by Crippen LogP contribution is -2.35. The van der Waals surface area contributed by atoms with Crippen LogP contribution in [0.4, 0.5) is 0 Å². The molecule has 3 heterocycles. The zero-order chi connectivity index (χ0) is 13.4. The number of rotatable bonds is 2. The number of aromatic nitrogens is 4. The van der Waals surface area contributed by atoms with E-state index in [1.165, 1.54) is 0 Å². The molecule has 0 fully saturated rings. The van der Waals surface area contributed by atoms with Crippen molar-refractivity contribution in [1.29, 1.82) is 0 Å². The highest BCUT2D eigenvalue weighted by Crippen LogP contribution is 2.15. The monoisotopic (exact) mass is 259 g/mol. The molecule has 100 valence electrons. The average molecular weight is 259 g/mol. The molecule has 2 N–H and O–H groups in total. The number of H-pyrrole nitrogens is 2. The largest absolute Gasteiger partial charge is 0.345 e. The molecule has 0 bridgehead atoms. The molecule has 0 aliphatic carbocycles. The van der Waals surface area contributed by atoms with Gasteiger partial charge in [-0.1, -0.05) is 0 Å². The van der Waals surface area contributed by atoms with Crippen LogP contribution in [0.1, 0.15) is 28.6 Å². The SMILES string of the molecule is Cc1ncc(CN2CCc3nc(C)[nH]c(=O)c3C2)[nH]1. The third kappa shape index (κ3) is 2.44. The van der Waals surface area contributed by atoms with Crippen LogP contribution in [-0.2, 0) is 19.5 Å². The second kappa shape index (κ2) is 4.62. The van der Waals surface area contributed by atoms with Gasteiger partial charge in [-0.15, -0.1) is 0 Å². The molecule has 1 aliphatic rings. The van der Waals surface area contributed by atoms with E-state index in [1.54, 1.807) is 0 Å². The lowest BCUT2D eigenvalue weighted by Gasteiger charge is -2.26. The van der Waals surface area contributed by atoms with Crippen LogP contribution in [0.5, 0.6) is 0 Å². The number of imidazole rings is 1. The third-order valence-electron chi connectivity index (χ3n) is 3.42. The Morgan fingerprint density at radius 1 is 1.32 bits per heavy atom. The van der Waals surface area contributed by atoms with E-state index >= 15 is 0 Å². The van der Waals surface area contributed by atoms with E-state index in [9.17, 15) is 4.79 Å². The molecule has 6 heteroatoms. The van der Waals surface area contributed by atoms with Gasteiger partial charge >= 0.3 is 0 Å². The maximum atomic E-state index is 11.9. The molecule has 6 nitrogen and oxygen atoms in total. The predicted molar refractivity (Wildman–Crippen MR) is 70.7 cm³/mol. The van der Waals surface area contributed by atoms with Gasteiger partial charge < -0.3 is 9.97 Å². The number of aromatic amines is 2. The molecule has 0 saturated carbocycles. The van der Waals surface area contributed by atoms with Gasteiger partial charge in [0.25, 0.3) is 5.56 Å². The summed E-state index contributed by atoms with van der Waals surface area (Å²) in [5, 5.41) is 0. The summed E-state index contributed by atoms with van der Waals surface area (Å²) in [6.45, 7) is 6.11. The Bertz CT molecular complexity index is 657. The molecular weight excluding hydrogens is 242 g/mol.